The molecule has 2 heterocycles. The first-order valence-electron chi connectivity index (χ1n) is 8.64. The third-order valence-corrected chi connectivity index (χ3v) is 4.81. The zero-order valence-corrected chi connectivity index (χ0v) is 15.2. The Morgan fingerprint density at radius 3 is 2.28 bits per heavy atom. The fourth-order valence-electron chi connectivity index (χ4n) is 3.36. The summed E-state index contributed by atoms with van der Waals surface area (Å²) in [6.45, 7) is 1.94. The number of imide groups is 1. The number of nitrogens with zero attached hydrogens (tertiary/aromatic N) is 1. The van der Waals surface area contributed by atoms with Crippen LogP contribution in [-0.2, 0) is 0 Å². The van der Waals surface area contributed by atoms with Gasteiger partial charge in [-0.05, 0) is 30.2 Å². The molecule has 0 spiro atoms. The Hall–Kier alpha value is -4.20. The molecule has 29 heavy (non-hydrogen) atoms. The molecule has 4 N–H and O–H groups in total. The number of hydrogen-bond acceptors (Lipinski definition) is 5. The number of benzene rings is 2. The number of nitrogen functional groups attached to an aromatic ring is 1. The summed E-state index contributed by atoms with van der Waals surface area (Å²) in [5.74, 6) is -3.00. The van der Waals surface area contributed by atoms with Gasteiger partial charge in [0.05, 0.1) is 22.4 Å². The summed E-state index contributed by atoms with van der Waals surface area (Å²) in [5.41, 5.74) is 7.39. The molecule has 0 saturated carbocycles. The maximum Gasteiger partial charge on any atom is 0.337 e. The number of fused-ring (bicyclic) bond motifs is 1. The number of carbonyl (C=O) groups excluding carboxylic acids is 2. The van der Waals surface area contributed by atoms with E-state index in [1.807, 2.05) is 31.2 Å². The highest BCUT2D eigenvalue weighted by molar-refractivity contribution is 6.23. The van der Waals surface area contributed by atoms with E-state index in [2.05, 4.69) is 5.32 Å². The number of anilines is 1. The summed E-state index contributed by atoms with van der Waals surface area (Å²) in [7, 11) is 0. The predicted molar refractivity (Wildman–Crippen MR) is 105 cm³/mol. The molecule has 1 aliphatic heterocycles. The van der Waals surface area contributed by atoms with E-state index in [-0.39, 0.29) is 28.2 Å². The number of pyridine rings is 1. The lowest BCUT2D eigenvalue weighted by atomic mass is 10.0. The molecule has 0 atom stereocenters. The number of carboxylic acids is 1. The number of nitrogens with two attached hydrogens (primary N) is 1. The fourth-order valence-corrected chi connectivity index (χ4v) is 3.36. The van der Waals surface area contributed by atoms with Gasteiger partial charge >= 0.3 is 5.97 Å². The van der Waals surface area contributed by atoms with Gasteiger partial charge in [-0.3, -0.25) is 24.3 Å². The number of aryl methyl sites for hydroxylation is 1. The zero-order valence-electron chi connectivity index (χ0n) is 15.2. The summed E-state index contributed by atoms with van der Waals surface area (Å²) < 4.78 is 0.930. The quantitative estimate of drug-likeness (QED) is 0.587. The van der Waals surface area contributed by atoms with Crippen molar-refractivity contribution in [1.29, 1.82) is 0 Å². The van der Waals surface area contributed by atoms with Crippen molar-refractivity contribution < 1.29 is 19.5 Å². The predicted octanol–water partition coefficient (Wildman–Crippen LogP) is 1.98. The minimum atomic E-state index is -1.26. The number of nitrogens with one attached hydrogen (secondary N) is 1. The van der Waals surface area contributed by atoms with E-state index >= 15 is 0 Å². The molecule has 2 amide bonds. The zero-order chi connectivity index (χ0) is 20.9. The van der Waals surface area contributed by atoms with Crippen LogP contribution in [0.1, 0.15) is 36.6 Å². The average molecular weight is 389 g/mol. The first kappa shape index (κ1) is 18.2. The maximum atomic E-state index is 12.6. The molecule has 8 heteroatoms. The standard InChI is InChI=1S/C21H15N3O5/c1-10-2-4-11(5-3-10)12-6-7-15(13(8-12)21(28)29)24-16(25)9-14-17(18(24)22)20(27)23-19(14)26/h2-9H,22H2,1H3,(H,28,29)(H,23,26,27). The number of amides is 2. The second-order valence-corrected chi connectivity index (χ2v) is 6.68. The summed E-state index contributed by atoms with van der Waals surface area (Å²) in [6, 6.07) is 13.1. The maximum absolute atomic E-state index is 12.6. The highest BCUT2D eigenvalue weighted by Gasteiger charge is 2.32. The molecule has 0 radical (unpaired) electrons. The molecule has 8 nitrogen and oxygen atoms in total. The molecule has 4 rings (SSSR count). The van der Waals surface area contributed by atoms with Gasteiger partial charge in [0.25, 0.3) is 17.4 Å². The highest BCUT2D eigenvalue weighted by atomic mass is 16.4. The Morgan fingerprint density at radius 2 is 1.62 bits per heavy atom. The number of aromatic carboxylic acids is 1. The Bertz CT molecular complexity index is 1270. The molecule has 0 bridgehead atoms. The van der Waals surface area contributed by atoms with E-state index in [9.17, 15) is 24.3 Å². The number of carbonyl (C=O) groups is 3. The second-order valence-electron chi connectivity index (χ2n) is 6.68. The van der Waals surface area contributed by atoms with Crippen LogP contribution in [0.5, 0.6) is 0 Å². The Morgan fingerprint density at radius 1 is 0.966 bits per heavy atom. The molecule has 0 fully saturated rings. The molecular weight excluding hydrogens is 374 g/mol. The Balaban J connectivity index is 1.95. The third kappa shape index (κ3) is 2.87. The van der Waals surface area contributed by atoms with Gasteiger partial charge in [0, 0.05) is 6.07 Å². The van der Waals surface area contributed by atoms with Gasteiger partial charge in [0.15, 0.2) is 0 Å². The molecule has 1 aliphatic rings. The van der Waals surface area contributed by atoms with Crippen molar-refractivity contribution in [2.75, 3.05) is 5.73 Å². The Labute approximate surface area is 164 Å². The van der Waals surface area contributed by atoms with Gasteiger partial charge in [-0.25, -0.2) is 4.79 Å². The van der Waals surface area contributed by atoms with Crippen molar-refractivity contribution in [3.8, 4) is 16.8 Å². The lowest BCUT2D eigenvalue weighted by Crippen LogP contribution is -2.25. The van der Waals surface area contributed by atoms with Crippen molar-refractivity contribution >= 4 is 23.6 Å². The summed E-state index contributed by atoms with van der Waals surface area (Å²) in [4.78, 5) is 48.4. The molecule has 1 aromatic heterocycles. The SMILES string of the molecule is Cc1ccc(-c2ccc(-n3c(N)c4c(cc3=O)C(=O)NC4=O)c(C(=O)O)c2)cc1. The third-order valence-electron chi connectivity index (χ3n) is 4.81. The van der Waals surface area contributed by atoms with E-state index < -0.39 is 23.3 Å². The first-order valence-corrected chi connectivity index (χ1v) is 8.64. The van der Waals surface area contributed by atoms with Crippen molar-refractivity contribution in [2.24, 2.45) is 0 Å². The van der Waals surface area contributed by atoms with Gasteiger partial charge in [-0.2, -0.15) is 0 Å². The average Bonchev–Trinajstić information content (AvgIpc) is 2.96. The summed E-state index contributed by atoms with van der Waals surface area (Å²) in [5, 5.41) is 11.8. The summed E-state index contributed by atoms with van der Waals surface area (Å²) >= 11 is 0. The molecule has 2 aromatic carbocycles. The smallest absolute Gasteiger partial charge is 0.337 e. The van der Waals surface area contributed by atoms with E-state index in [0.717, 1.165) is 21.8 Å². The lowest BCUT2D eigenvalue weighted by molar-refractivity contribution is 0.0696. The van der Waals surface area contributed by atoms with Gasteiger partial charge < -0.3 is 10.8 Å². The van der Waals surface area contributed by atoms with E-state index in [4.69, 9.17) is 5.73 Å². The van der Waals surface area contributed by atoms with Crippen LogP contribution in [0.3, 0.4) is 0 Å². The summed E-state index contributed by atoms with van der Waals surface area (Å²) in [6.07, 6.45) is 0. The van der Waals surface area contributed by atoms with E-state index in [1.165, 1.54) is 12.1 Å². The normalized spacial score (nSPS) is 12.6. The number of rotatable bonds is 3. The number of aromatic nitrogens is 1. The van der Waals surface area contributed by atoms with Crippen molar-refractivity contribution in [3.63, 3.8) is 0 Å². The number of carboxylic acid groups (broad SMARTS) is 1. The van der Waals surface area contributed by atoms with Crippen molar-refractivity contribution in [1.82, 2.24) is 9.88 Å². The van der Waals surface area contributed by atoms with Gasteiger partial charge in [-0.15, -0.1) is 0 Å². The van der Waals surface area contributed by atoms with Gasteiger partial charge in [0.2, 0.25) is 0 Å². The minimum Gasteiger partial charge on any atom is -0.478 e. The largest absolute Gasteiger partial charge is 0.478 e. The topological polar surface area (TPSA) is 131 Å². The van der Waals surface area contributed by atoms with Crippen LogP contribution in [0.25, 0.3) is 16.8 Å². The fraction of sp³-hybridized carbons (Fsp3) is 0.0476. The Kier molecular flexibility index (Phi) is 4.04. The first-order chi connectivity index (χ1) is 13.8. The molecule has 3 aromatic rings. The lowest BCUT2D eigenvalue weighted by Gasteiger charge is -2.15. The molecule has 0 unspecified atom stereocenters. The van der Waals surface area contributed by atoms with Crippen molar-refractivity contribution in [2.45, 2.75) is 6.92 Å². The highest BCUT2D eigenvalue weighted by Crippen LogP contribution is 2.28. The molecule has 0 aliphatic carbocycles. The van der Waals surface area contributed by atoms with Crippen LogP contribution in [0, 0.1) is 6.92 Å². The molecule has 144 valence electrons. The van der Waals surface area contributed by atoms with E-state index in [1.54, 1.807) is 6.07 Å². The van der Waals surface area contributed by atoms with Crippen LogP contribution in [-0.4, -0.2) is 27.5 Å². The van der Waals surface area contributed by atoms with E-state index in [0.29, 0.717) is 5.56 Å². The van der Waals surface area contributed by atoms with Crippen LogP contribution >= 0.6 is 0 Å². The van der Waals surface area contributed by atoms with Crippen LogP contribution in [0.2, 0.25) is 0 Å². The van der Waals surface area contributed by atoms with Crippen molar-refractivity contribution in [3.05, 3.63) is 81.1 Å². The van der Waals surface area contributed by atoms with Crippen LogP contribution < -0.4 is 16.6 Å². The second kappa shape index (κ2) is 6.45. The van der Waals surface area contributed by atoms with Crippen LogP contribution in [0.15, 0.2) is 53.3 Å². The monoisotopic (exact) mass is 389 g/mol. The number of hydrogen-bond donors (Lipinski definition) is 3. The minimum absolute atomic E-state index is 0.00538. The molecular formula is C21H15N3O5. The van der Waals surface area contributed by atoms with Gasteiger partial charge in [-0.1, -0.05) is 35.9 Å². The van der Waals surface area contributed by atoms with Crippen LogP contribution in [0.4, 0.5) is 5.82 Å². The molecule has 0 saturated heterocycles. The van der Waals surface area contributed by atoms with Gasteiger partial charge in [0.1, 0.15) is 5.82 Å².